The van der Waals surface area contributed by atoms with E-state index in [4.69, 9.17) is 14.6 Å². The van der Waals surface area contributed by atoms with Crippen molar-refractivity contribution < 1.29 is 24.2 Å². The summed E-state index contributed by atoms with van der Waals surface area (Å²) in [7, 11) is 1.62. The van der Waals surface area contributed by atoms with Crippen molar-refractivity contribution in [3.8, 4) is 11.5 Å². The molecule has 5 rings (SSSR count). The highest BCUT2D eigenvalue weighted by Gasteiger charge is 2.56. The molecule has 2 aromatic carbocycles. The minimum absolute atomic E-state index is 0.0618. The minimum Gasteiger partial charge on any atom is -0.493 e. The molecule has 3 heterocycles. The van der Waals surface area contributed by atoms with Crippen molar-refractivity contribution >= 4 is 22.7 Å². The summed E-state index contributed by atoms with van der Waals surface area (Å²) in [5, 5.41) is 10.1. The lowest BCUT2D eigenvalue weighted by molar-refractivity contribution is -0.166. The highest BCUT2D eigenvalue weighted by molar-refractivity contribution is 6.01. The lowest BCUT2D eigenvalue weighted by Crippen LogP contribution is -2.67. The maximum Gasteiger partial charge on any atom is 0.254 e. The lowest BCUT2D eigenvalue weighted by Gasteiger charge is -2.51. The third-order valence-electron chi connectivity index (χ3n) is 7.80. The summed E-state index contributed by atoms with van der Waals surface area (Å²) >= 11 is 0. The van der Waals surface area contributed by atoms with Crippen molar-refractivity contribution in [3.05, 3.63) is 59.3 Å². The number of rotatable bonds is 9. The number of methoxy groups -OCH3 is 1. The largest absolute Gasteiger partial charge is 0.493 e. The quantitative estimate of drug-likeness (QED) is 0.432. The van der Waals surface area contributed by atoms with E-state index in [2.05, 4.69) is 11.1 Å². The Kier molecular flexibility index (Phi) is 6.86. The van der Waals surface area contributed by atoms with Crippen molar-refractivity contribution in [2.24, 2.45) is 0 Å². The molecule has 0 saturated carbocycles. The number of H-pyrrole nitrogens is 1. The second-order valence-corrected chi connectivity index (χ2v) is 9.91. The Labute approximate surface area is 217 Å². The molecule has 2 atom stereocenters. The molecule has 0 aliphatic carbocycles. The van der Waals surface area contributed by atoms with E-state index in [0.29, 0.717) is 37.6 Å². The molecule has 3 aromatic rings. The molecule has 8 nitrogen and oxygen atoms in total. The van der Waals surface area contributed by atoms with Gasteiger partial charge < -0.3 is 29.4 Å². The third kappa shape index (κ3) is 4.03. The molecule has 1 saturated heterocycles. The molecule has 2 N–H and O–H groups in total. The first kappa shape index (κ1) is 25.1. The predicted octanol–water partition coefficient (Wildman–Crippen LogP) is 3.77. The Bertz CT molecular complexity index is 1320. The maximum atomic E-state index is 14.1. The number of hydrogen-bond donors (Lipinski definition) is 2. The van der Waals surface area contributed by atoms with Gasteiger partial charge >= 0.3 is 0 Å². The van der Waals surface area contributed by atoms with Crippen LogP contribution in [0.2, 0.25) is 0 Å². The number of aliphatic hydroxyl groups excluding tert-OH is 1. The number of aliphatic hydroxyl groups is 1. The molecule has 196 valence electrons. The van der Waals surface area contributed by atoms with Crippen LogP contribution in [-0.2, 0) is 15.1 Å². The average molecular weight is 506 g/mol. The van der Waals surface area contributed by atoms with Gasteiger partial charge in [0.25, 0.3) is 5.91 Å². The van der Waals surface area contributed by atoms with Crippen LogP contribution in [0.4, 0.5) is 0 Å². The van der Waals surface area contributed by atoms with Gasteiger partial charge in [-0.05, 0) is 50.8 Å². The average Bonchev–Trinajstić information content (AvgIpc) is 3.31. The highest BCUT2D eigenvalue weighted by atomic mass is 16.5. The Morgan fingerprint density at radius 3 is 2.68 bits per heavy atom. The number of carbonyl (C=O) groups is 2. The van der Waals surface area contributed by atoms with Crippen LogP contribution in [0.1, 0.15) is 55.8 Å². The van der Waals surface area contributed by atoms with E-state index in [1.54, 1.807) is 16.9 Å². The Morgan fingerprint density at radius 2 is 1.92 bits per heavy atom. The molecule has 1 fully saturated rings. The zero-order valence-corrected chi connectivity index (χ0v) is 21.8. The van der Waals surface area contributed by atoms with E-state index < -0.39 is 5.54 Å². The maximum absolute atomic E-state index is 14.1. The van der Waals surface area contributed by atoms with Gasteiger partial charge in [-0.15, -0.1) is 0 Å². The fraction of sp³-hybridized carbons (Fsp3) is 0.448. The van der Waals surface area contributed by atoms with E-state index >= 15 is 0 Å². The number of carbonyl (C=O) groups excluding carboxylic acids is 2. The number of unbranched alkanes of at least 4 members (excludes halogenated alkanes) is 2. The number of benzene rings is 2. The lowest BCUT2D eigenvalue weighted by atomic mass is 9.76. The monoisotopic (exact) mass is 505 g/mol. The van der Waals surface area contributed by atoms with E-state index in [1.807, 2.05) is 50.2 Å². The predicted molar refractivity (Wildman–Crippen MR) is 141 cm³/mol. The molecule has 2 aliphatic rings. The zero-order chi connectivity index (χ0) is 26.2. The van der Waals surface area contributed by atoms with Crippen LogP contribution in [-0.4, -0.2) is 71.7 Å². The van der Waals surface area contributed by atoms with Crippen LogP contribution >= 0.6 is 0 Å². The van der Waals surface area contributed by atoms with Crippen molar-refractivity contribution in [2.45, 2.75) is 44.6 Å². The van der Waals surface area contributed by atoms with Gasteiger partial charge in [0.2, 0.25) is 5.91 Å². The van der Waals surface area contributed by atoms with Crippen LogP contribution in [0.15, 0.2) is 42.5 Å². The topological polar surface area (TPSA) is 95.1 Å². The fourth-order valence-corrected chi connectivity index (χ4v) is 6.00. The van der Waals surface area contributed by atoms with Gasteiger partial charge in [0, 0.05) is 42.1 Å². The summed E-state index contributed by atoms with van der Waals surface area (Å²) in [5.41, 5.74) is 2.50. The van der Waals surface area contributed by atoms with Crippen LogP contribution < -0.4 is 9.47 Å². The molecule has 0 spiro atoms. The number of aromatic nitrogens is 1. The van der Waals surface area contributed by atoms with E-state index in [9.17, 15) is 9.59 Å². The number of aromatic amines is 1. The van der Waals surface area contributed by atoms with Crippen LogP contribution in [0.3, 0.4) is 0 Å². The van der Waals surface area contributed by atoms with Crippen LogP contribution in [0.25, 0.3) is 10.9 Å². The van der Waals surface area contributed by atoms with Gasteiger partial charge in [-0.25, -0.2) is 0 Å². The van der Waals surface area contributed by atoms with E-state index in [1.165, 1.54) is 0 Å². The molecule has 0 radical (unpaired) electrons. The number of hydrogen-bond acceptors (Lipinski definition) is 5. The number of para-hydroxylation sites is 2. The molecule has 0 bridgehead atoms. The smallest absolute Gasteiger partial charge is 0.254 e. The summed E-state index contributed by atoms with van der Waals surface area (Å²) < 4.78 is 11.7. The van der Waals surface area contributed by atoms with Crippen molar-refractivity contribution in [1.29, 1.82) is 0 Å². The van der Waals surface area contributed by atoms with Crippen molar-refractivity contribution in [1.82, 2.24) is 14.8 Å². The molecular weight excluding hydrogens is 470 g/mol. The summed E-state index contributed by atoms with van der Waals surface area (Å²) in [6, 6.07) is 13.9. The Balaban J connectivity index is 1.66. The minimum atomic E-state index is -1.14. The van der Waals surface area contributed by atoms with E-state index in [-0.39, 0.29) is 30.9 Å². The Morgan fingerprint density at radius 1 is 1.11 bits per heavy atom. The standard InChI is InChI=1S/C29H35N3O5/c1-4-37-26-19(12-10-14-23(26)36-3)21-17-32-24(34)18-31(15-8-5-9-16-33)28(35)29(32,2)27-25(21)20-11-6-7-13-22(20)30-27/h6-7,10-14,21,30,33H,4-5,8-9,15-18H2,1-3H3/t21-,29+/m1/s1. The van der Waals surface area contributed by atoms with Gasteiger partial charge in [0.15, 0.2) is 17.0 Å². The third-order valence-corrected chi connectivity index (χ3v) is 7.80. The SMILES string of the molecule is CCOc1c(OC)cccc1[C@H]1CN2C(=O)CN(CCCCCO)C(=O)[C@]2(C)c2[nH]c3ccccc3c21. The number of amides is 2. The number of fused-ring (bicyclic) bond motifs is 5. The van der Waals surface area contributed by atoms with E-state index in [0.717, 1.165) is 40.6 Å². The van der Waals surface area contributed by atoms with Gasteiger partial charge in [-0.2, -0.15) is 0 Å². The Hall–Kier alpha value is -3.52. The number of ether oxygens (including phenoxy) is 2. The van der Waals surface area contributed by atoms with Gasteiger partial charge in [0.05, 0.1) is 26.0 Å². The van der Waals surface area contributed by atoms with Gasteiger partial charge in [-0.1, -0.05) is 30.3 Å². The van der Waals surface area contributed by atoms with Crippen molar-refractivity contribution in [2.75, 3.05) is 40.0 Å². The molecule has 37 heavy (non-hydrogen) atoms. The highest BCUT2D eigenvalue weighted by Crippen LogP contribution is 2.50. The van der Waals surface area contributed by atoms with Gasteiger partial charge in [0.1, 0.15) is 0 Å². The molecular formula is C29H35N3O5. The first-order valence-corrected chi connectivity index (χ1v) is 13.1. The number of piperazine rings is 1. The summed E-state index contributed by atoms with van der Waals surface area (Å²) in [6.45, 7) is 5.34. The zero-order valence-electron chi connectivity index (χ0n) is 21.8. The summed E-state index contributed by atoms with van der Waals surface area (Å²) in [4.78, 5) is 34.7. The molecule has 2 amide bonds. The summed E-state index contributed by atoms with van der Waals surface area (Å²) in [5.74, 6) is 0.962. The fourth-order valence-electron chi connectivity index (χ4n) is 6.00. The molecule has 8 heteroatoms. The van der Waals surface area contributed by atoms with Gasteiger partial charge in [-0.3, -0.25) is 9.59 Å². The number of nitrogens with zero attached hydrogens (tertiary/aromatic N) is 2. The second-order valence-electron chi connectivity index (χ2n) is 9.91. The first-order valence-electron chi connectivity index (χ1n) is 13.1. The summed E-state index contributed by atoms with van der Waals surface area (Å²) in [6.07, 6.45) is 2.25. The van der Waals surface area contributed by atoms with Crippen molar-refractivity contribution in [3.63, 3.8) is 0 Å². The molecule has 1 aromatic heterocycles. The number of nitrogens with one attached hydrogen (secondary N) is 1. The normalized spacial score (nSPS) is 21.2. The second kappa shape index (κ2) is 10.1. The van der Waals surface area contributed by atoms with Crippen LogP contribution in [0.5, 0.6) is 11.5 Å². The molecule has 2 aliphatic heterocycles. The first-order chi connectivity index (χ1) is 17.9. The van der Waals surface area contributed by atoms with Crippen LogP contribution in [0, 0.1) is 0 Å². The molecule has 0 unspecified atom stereocenters.